The summed E-state index contributed by atoms with van der Waals surface area (Å²) in [5.41, 5.74) is 9.41. The summed E-state index contributed by atoms with van der Waals surface area (Å²) in [7, 11) is 0. The number of nitrogens with zero attached hydrogens (tertiary/aromatic N) is 3. The van der Waals surface area contributed by atoms with Crippen LogP contribution in [0.5, 0.6) is 0 Å². The highest BCUT2D eigenvalue weighted by Gasteiger charge is 2.07. The van der Waals surface area contributed by atoms with Crippen LogP contribution < -0.4 is 10.6 Å². The number of benzene rings is 1. The van der Waals surface area contributed by atoms with Crippen molar-refractivity contribution in [3.05, 3.63) is 59.4 Å². The predicted molar refractivity (Wildman–Crippen MR) is 84.7 cm³/mol. The van der Waals surface area contributed by atoms with Crippen molar-refractivity contribution in [1.82, 2.24) is 4.98 Å². The first-order chi connectivity index (χ1) is 10.1. The topological polar surface area (TPSA) is 74.7 Å². The number of aryl methyl sites for hydroxylation is 1. The molecule has 110 valence electrons. The second-order valence-electron chi connectivity index (χ2n) is 4.82. The monoisotopic (exact) mass is 284 g/mol. The van der Waals surface area contributed by atoms with Gasteiger partial charge in [-0.3, -0.25) is 4.98 Å². The second-order valence-corrected chi connectivity index (χ2v) is 4.82. The summed E-state index contributed by atoms with van der Waals surface area (Å²) >= 11 is 0. The van der Waals surface area contributed by atoms with Gasteiger partial charge in [-0.05, 0) is 50.2 Å². The lowest BCUT2D eigenvalue weighted by Crippen LogP contribution is -2.23. The van der Waals surface area contributed by atoms with E-state index in [1.165, 1.54) is 0 Å². The Kier molecular flexibility index (Phi) is 4.77. The Hall–Kier alpha value is -2.56. The summed E-state index contributed by atoms with van der Waals surface area (Å²) in [6.45, 7) is 5.72. The summed E-state index contributed by atoms with van der Waals surface area (Å²) in [6.07, 6.45) is 0. The lowest BCUT2D eigenvalue weighted by molar-refractivity contribution is 0.318. The highest BCUT2D eigenvalue weighted by Crippen LogP contribution is 2.17. The summed E-state index contributed by atoms with van der Waals surface area (Å²) in [5.74, 6) is 0.116. The molecule has 5 nitrogen and oxygen atoms in total. The Morgan fingerprint density at radius 3 is 2.52 bits per heavy atom. The number of hydrogen-bond acceptors (Lipinski definition) is 4. The van der Waals surface area contributed by atoms with Crippen LogP contribution in [0.25, 0.3) is 0 Å². The molecule has 2 aromatic rings. The third-order valence-corrected chi connectivity index (χ3v) is 3.32. The smallest absolute Gasteiger partial charge is 0.170 e. The number of nitrogens with two attached hydrogens (primary N) is 1. The van der Waals surface area contributed by atoms with Crippen LogP contribution in [0.3, 0.4) is 0 Å². The van der Waals surface area contributed by atoms with E-state index in [0.717, 1.165) is 30.2 Å². The second kappa shape index (κ2) is 6.74. The maximum atomic E-state index is 8.68. The maximum Gasteiger partial charge on any atom is 0.170 e. The van der Waals surface area contributed by atoms with Crippen LogP contribution in [0.2, 0.25) is 0 Å². The molecule has 0 saturated heterocycles. The molecule has 1 aromatic heterocycles. The van der Waals surface area contributed by atoms with Gasteiger partial charge in [0.2, 0.25) is 0 Å². The average molecular weight is 284 g/mol. The first kappa shape index (κ1) is 14.8. The van der Waals surface area contributed by atoms with Crippen molar-refractivity contribution in [2.45, 2.75) is 20.4 Å². The molecule has 0 atom stereocenters. The number of hydrogen-bond donors (Lipinski definition) is 2. The Bertz CT molecular complexity index is 622. The minimum atomic E-state index is 0.116. The Morgan fingerprint density at radius 2 is 1.95 bits per heavy atom. The van der Waals surface area contributed by atoms with E-state index in [1.54, 1.807) is 0 Å². The Balaban J connectivity index is 2.17. The highest BCUT2D eigenvalue weighted by atomic mass is 16.4. The molecular formula is C16H20N4O. The molecule has 0 spiro atoms. The number of amidine groups is 1. The molecule has 5 heteroatoms. The highest BCUT2D eigenvalue weighted by molar-refractivity contribution is 5.97. The first-order valence-corrected chi connectivity index (χ1v) is 6.89. The van der Waals surface area contributed by atoms with Gasteiger partial charge in [-0.1, -0.05) is 11.2 Å². The van der Waals surface area contributed by atoms with Crippen LogP contribution in [-0.2, 0) is 6.54 Å². The molecule has 1 aromatic carbocycles. The summed E-state index contributed by atoms with van der Waals surface area (Å²) in [5, 5.41) is 11.7. The molecular weight excluding hydrogens is 264 g/mol. The minimum absolute atomic E-state index is 0.116. The fraction of sp³-hybridized carbons (Fsp3) is 0.250. The zero-order valence-corrected chi connectivity index (χ0v) is 12.3. The molecule has 0 aliphatic carbocycles. The molecule has 0 aliphatic rings. The van der Waals surface area contributed by atoms with E-state index in [1.807, 2.05) is 49.4 Å². The standard InChI is InChI=1S/C16H20N4O/c1-3-20(11-14-6-4-5-12(2)18-14)15-9-7-13(8-10-15)16(17)19-21/h4-10,21H,3,11H2,1-2H3,(H2,17,19). The van der Waals surface area contributed by atoms with Gasteiger partial charge in [0.15, 0.2) is 5.84 Å². The molecule has 0 amide bonds. The van der Waals surface area contributed by atoms with Crippen molar-refractivity contribution < 1.29 is 5.21 Å². The van der Waals surface area contributed by atoms with E-state index in [0.29, 0.717) is 5.56 Å². The predicted octanol–water partition coefficient (Wildman–Crippen LogP) is 2.51. The fourth-order valence-electron chi connectivity index (χ4n) is 2.17. The van der Waals surface area contributed by atoms with Crippen molar-refractivity contribution in [2.24, 2.45) is 10.9 Å². The Morgan fingerprint density at radius 1 is 1.24 bits per heavy atom. The molecule has 1 heterocycles. The van der Waals surface area contributed by atoms with Gasteiger partial charge in [-0.2, -0.15) is 0 Å². The van der Waals surface area contributed by atoms with Gasteiger partial charge >= 0.3 is 0 Å². The van der Waals surface area contributed by atoms with Crippen molar-refractivity contribution in [3.63, 3.8) is 0 Å². The van der Waals surface area contributed by atoms with Gasteiger partial charge in [0.25, 0.3) is 0 Å². The van der Waals surface area contributed by atoms with Gasteiger partial charge in [0, 0.05) is 23.5 Å². The molecule has 0 saturated carbocycles. The van der Waals surface area contributed by atoms with E-state index in [-0.39, 0.29) is 5.84 Å². The van der Waals surface area contributed by atoms with Crippen LogP contribution in [0.15, 0.2) is 47.6 Å². The molecule has 0 unspecified atom stereocenters. The number of anilines is 1. The van der Waals surface area contributed by atoms with E-state index in [9.17, 15) is 0 Å². The molecule has 0 aliphatic heterocycles. The van der Waals surface area contributed by atoms with Crippen molar-refractivity contribution in [2.75, 3.05) is 11.4 Å². The normalized spacial score (nSPS) is 11.4. The number of rotatable bonds is 5. The van der Waals surface area contributed by atoms with Gasteiger partial charge in [-0.25, -0.2) is 0 Å². The number of aromatic nitrogens is 1. The molecule has 21 heavy (non-hydrogen) atoms. The zero-order valence-electron chi connectivity index (χ0n) is 12.3. The molecule has 0 bridgehead atoms. The molecule has 0 radical (unpaired) electrons. The fourth-order valence-corrected chi connectivity index (χ4v) is 2.17. The van der Waals surface area contributed by atoms with Crippen molar-refractivity contribution in [3.8, 4) is 0 Å². The van der Waals surface area contributed by atoms with Gasteiger partial charge in [-0.15, -0.1) is 0 Å². The zero-order chi connectivity index (χ0) is 15.2. The van der Waals surface area contributed by atoms with E-state index >= 15 is 0 Å². The van der Waals surface area contributed by atoms with Crippen molar-refractivity contribution >= 4 is 11.5 Å². The first-order valence-electron chi connectivity index (χ1n) is 6.89. The third kappa shape index (κ3) is 3.72. The van der Waals surface area contributed by atoms with E-state index < -0.39 is 0 Å². The van der Waals surface area contributed by atoms with Gasteiger partial charge in [0.05, 0.1) is 12.2 Å². The average Bonchev–Trinajstić information content (AvgIpc) is 2.52. The van der Waals surface area contributed by atoms with Crippen LogP contribution >= 0.6 is 0 Å². The van der Waals surface area contributed by atoms with Crippen LogP contribution in [0.1, 0.15) is 23.9 Å². The lowest BCUT2D eigenvalue weighted by Gasteiger charge is -2.23. The van der Waals surface area contributed by atoms with E-state index in [2.05, 4.69) is 22.0 Å². The summed E-state index contributed by atoms with van der Waals surface area (Å²) in [6, 6.07) is 13.7. The van der Waals surface area contributed by atoms with Crippen LogP contribution in [0, 0.1) is 6.92 Å². The molecule has 2 rings (SSSR count). The van der Waals surface area contributed by atoms with Gasteiger partial charge < -0.3 is 15.8 Å². The quantitative estimate of drug-likeness (QED) is 0.383. The maximum absolute atomic E-state index is 8.68. The number of pyridine rings is 1. The Labute approximate surface area is 124 Å². The van der Waals surface area contributed by atoms with Crippen LogP contribution in [-0.4, -0.2) is 22.6 Å². The number of oxime groups is 1. The SMILES string of the molecule is CCN(Cc1cccc(C)n1)c1ccc(/C(N)=N/O)cc1. The van der Waals surface area contributed by atoms with Gasteiger partial charge in [0.1, 0.15) is 0 Å². The lowest BCUT2D eigenvalue weighted by atomic mass is 10.1. The summed E-state index contributed by atoms with van der Waals surface area (Å²) < 4.78 is 0. The minimum Gasteiger partial charge on any atom is -0.409 e. The third-order valence-electron chi connectivity index (χ3n) is 3.32. The van der Waals surface area contributed by atoms with E-state index in [4.69, 9.17) is 10.9 Å². The molecule has 3 N–H and O–H groups in total. The largest absolute Gasteiger partial charge is 0.409 e. The van der Waals surface area contributed by atoms with Crippen molar-refractivity contribution in [1.29, 1.82) is 0 Å². The summed E-state index contributed by atoms with van der Waals surface area (Å²) in [4.78, 5) is 6.75. The molecule has 0 fully saturated rings. The van der Waals surface area contributed by atoms with Crippen LogP contribution in [0.4, 0.5) is 5.69 Å².